The molecule has 0 aliphatic carbocycles. The van der Waals surface area contributed by atoms with Crippen LogP contribution in [0.1, 0.15) is 25.7 Å². The second kappa shape index (κ2) is 8.00. The predicted molar refractivity (Wildman–Crippen MR) is 55.8 cm³/mol. The maximum absolute atomic E-state index is 10.9. The highest BCUT2D eigenvalue weighted by molar-refractivity contribution is 7.83. The fourth-order valence-corrected chi connectivity index (χ4v) is 1.86. The molecule has 0 unspecified atom stereocenters. The Morgan fingerprint density at radius 1 is 0.867 bits per heavy atom. The second-order valence-electron chi connectivity index (χ2n) is 3.24. The lowest BCUT2D eigenvalue weighted by Crippen LogP contribution is -2.32. The summed E-state index contributed by atoms with van der Waals surface area (Å²) in [4.78, 5) is 0. The Kier molecular flexibility index (Phi) is 7.89. The third-order valence-electron chi connectivity index (χ3n) is 1.96. The number of aliphatic hydroxyl groups is 2. The summed E-state index contributed by atoms with van der Waals surface area (Å²) in [5.41, 5.74) is 0. The van der Waals surface area contributed by atoms with Gasteiger partial charge in [-0.05, 0) is 25.7 Å². The maximum Gasteiger partial charge on any atom is 0.335 e. The molecule has 0 aromatic carbocycles. The molecule has 7 heteroatoms. The summed E-state index contributed by atoms with van der Waals surface area (Å²) >= 11 is 0. The summed E-state index contributed by atoms with van der Waals surface area (Å²) in [6, 6.07) is 0. The molecule has 0 rings (SSSR count). The van der Waals surface area contributed by atoms with Crippen molar-refractivity contribution in [2.45, 2.75) is 25.7 Å². The minimum absolute atomic E-state index is 0.00988. The van der Waals surface area contributed by atoms with Gasteiger partial charge in [-0.15, -0.1) is 0 Å². The zero-order chi connectivity index (χ0) is 11.7. The molecule has 6 nitrogen and oxygen atoms in total. The first-order valence-electron chi connectivity index (χ1n) is 4.96. The minimum atomic E-state index is -4.16. The predicted octanol–water partition coefficient (Wildman–Crippen LogP) is -0.364. The monoisotopic (exact) mass is 241 g/mol. The normalized spacial score (nSPS) is 12.3. The van der Waals surface area contributed by atoms with E-state index in [1.807, 2.05) is 0 Å². The Hall–Kier alpha value is -0.210. The lowest BCUT2D eigenvalue weighted by atomic mass is 10.3. The van der Waals surface area contributed by atoms with Gasteiger partial charge in [0.1, 0.15) is 0 Å². The summed E-state index contributed by atoms with van der Waals surface area (Å²) < 4.78 is 31.6. The third-order valence-corrected chi connectivity index (χ3v) is 2.98. The molecule has 0 aliphatic heterocycles. The number of rotatable bonds is 9. The Balaban J connectivity index is 3.97. The van der Waals surface area contributed by atoms with E-state index in [4.69, 9.17) is 14.8 Å². The van der Waals surface area contributed by atoms with Crippen molar-refractivity contribution in [1.29, 1.82) is 0 Å². The molecule has 0 spiro atoms. The molecule has 0 saturated carbocycles. The summed E-state index contributed by atoms with van der Waals surface area (Å²) in [6.07, 6.45) is 2.03. The van der Waals surface area contributed by atoms with Crippen LogP contribution in [-0.2, 0) is 10.3 Å². The third kappa shape index (κ3) is 7.69. The van der Waals surface area contributed by atoms with E-state index < -0.39 is 10.3 Å². The molecule has 0 aromatic rings. The van der Waals surface area contributed by atoms with Crippen molar-refractivity contribution < 1.29 is 23.2 Å². The molecule has 15 heavy (non-hydrogen) atoms. The molecular formula is C8H19NO5S. The quantitative estimate of drug-likeness (QED) is 0.378. The van der Waals surface area contributed by atoms with Crippen LogP contribution in [0.4, 0.5) is 0 Å². The molecule has 92 valence electrons. The zero-order valence-electron chi connectivity index (χ0n) is 8.67. The van der Waals surface area contributed by atoms with Crippen LogP contribution in [0.5, 0.6) is 0 Å². The highest BCUT2D eigenvalue weighted by atomic mass is 32.2. The van der Waals surface area contributed by atoms with Crippen molar-refractivity contribution in [3.63, 3.8) is 0 Å². The van der Waals surface area contributed by atoms with Gasteiger partial charge in [0.25, 0.3) is 0 Å². The molecule has 0 saturated heterocycles. The van der Waals surface area contributed by atoms with Gasteiger partial charge in [0, 0.05) is 26.3 Å². The molecule has 0 bridgehead atoms. The van der Waals surface area contributed by atoms with E-state index in [2.05, 4.69) is 0 Å². The lowest BCUT2D eigenvalue weighted by Gasteiger charge is -2.17. The molecule has 0 radical (unpaired) electrons. The van der Waals surface area contributed by atoms with Crippen LogP contribution >= 0.6 is 0 Å². The van der Waals surface area contributed by atoms with Gasteiger partial charge < -0.3 is 10.2 Å². The minimum Gasteiger partial charge on any atom is -0.396 e. The largest absolute Gasteiger partial charge is 0.396 e. The van der Waals surface area contributed by atoms with Crippen LogP contribution < -0.4 is 0 Å². The van der Waals surface area contributed by atoms with Crippen LogP contribution in [0.3, 0.4) is 0 Å². The van der Waals surface area contributed by atoms with Crippen molar-refractivity contribution in [3.05, 3.63) is 0 Å². The summed E-state index contributed by atoms with van der Waals surface area (Å²) in [5.74, 6) is 0. The van der Waals surface area contributed by atoms with Gasteiger partial charge in [0.05, 0.1) is 0 Å². The maximum atomic E-state index is 10.9. The van der Waals surface area contributed by atoms with E-state index in [-0.39, 0.29) is 26.3 Å². The smallest absolute Gasteiger partial charge is 0.335 e. The van der Waals surface area contributed by atoms with E-state index in [1.165, 1.54) is 0 Å². The van der Waals surface area contributed by atoms with Crippen LogP contribution in [0.15, 0.2) is 0 Å². The van der Waals surface area contributed by atoms with Crippen LogP contribution in [-0.4, -0.2) is 53.8 Å². The Morgan fingerprint density at radius 2 is 1.27 bits per heavy atom. The van der Waals surface area contributed by atoms with Gasteiger partial charge in [0.2, 0.25) is 0 Å². The van der Waals surface area contributed by atoms with Crippen molar-refractivity contribution in [1.82, 2.24) is 4.31 Å². The molecule has 0 fully saturated rings. The second-order valence-corrected chi connectivity index (χ2v) is 4.65. The molecule has 0 aromatic heterocycles. The van der Waals surface area contributed by atoms with E-state index in [0.29, 0.717) is 25.7 Å². The molecule has 0 aliphatic rings. The topological polar surface area (TPSA) is 98.1 Å². The molecule has 0 atom stereocenters. The van der Waals surface area contributed by atoms with Gasteiger partial charge in [-0.2, -0.15) is 12.7 Å². The van der Waals surface area contributed by atoms with Gasteiger partial charge >= 0.3 is 10.3 Å². The highest BCUT2D eigenvalue weighted by Crippen LogP contribution is 2.03. The fraction of sp³-hybridized carbons (Fsp3) is 1.00. The van der Waals surface area contributed by atoms with E-state index in [9.17, 15) is 8.42 Å². The van der Waals surface area contributed by atoms with Gasteiger partial charge in [-0.25, -0.2) is 0 Å². The van der Waals surface area contributed by atoms with Crippen LogP contribution in [0, 0.1) is 0 Å². The van der Waals surface area contributed by atoms with E-state index in [0.717, 1.165) is 4.31 Å². The first-order chi connectivity index (χ1) is 7.02. The zero-order valence-corrected chi connectivity index (χ0v) is 9.49. The number of hydrogen-bond donors (Lipinski definition) is 3. The average Bonchev–Trinajstić information content (AvgIpc) is 2.14. The number of aliphatic hydroxyl groups excluding tert-OH is 2. The first-order valence-corrected chi connectivity index (χ1v) is 6.36. The van der Waals surface area contributed by atoms with Crippen molar-refractivity contribution in [3.8, 4) is 0 Å². The molecule has 0 heterocycles. The molecule has 3 N–H and O–H groups in total. The average molecular weight is 241 g/mol. The van der Waals surface area contributed by atoms with Gasteiger partial charge in [-0.1, -0.05) is 0 Å². The van der Waals surface area contributed by atoms with Gasteiger partial charge in [0.15, 0.2) is 0 Å². The van der Waals surface area contributed by atoms with E-state index in [1.54, 1.807) is 0 Å². The molecule has 0 amide bonds. The van der Waals surface area contributed by atoms with Crippen LogP contribution in [0.2, 0.25) is 0 Å². The Bertz CT molecular complexity index is 231. The van der Waals surface area contributed by atoms with Crippen LogP contribution in [0.25, 0.3) is 0 Å². The number of unbranched alkanes of at least 4 members (excludes halogenated alkanes) is 2. The molecular weight excluding hydrogens is 222 g/mol. The highest BCUT2D eigenvalue weighted by Gasteiger charge is 2.17. The first kappa shape index (κ1) is 14.8. The van der Waals surface area contributed by atoms with E-state index >= 15 is 0 Å². The Morgan fingerprint density at radius 3 is 1.53 bits per heavy atom. The van der Waals surface area contributed by atoms with Crippen molar-refractivity contribution in [2.24, 2.45) is 0 Å². The summed E-state index contributed by atoms with van der Waals surface area (Å²) in [5, 5.41) is 17.1. The van der Waals surface area contributed by atoms with Crippen molar-refractivity contribution in [2.75, 3.05) is 26.3 Å². The lowest BCUT2D eigenvalue weighted by molar-refractivity contribution is 0.261. The fourth-order valence-electron chi connectivity index (χ4n) is 1.14. The summed E-state index contributed by atoms with van der Waals surface area (Å²) in [6.45, 7) is 0.418. The SMILES string of the molecule is O=S(=O)(O)N(CCCCO)CCCCO. The van der Waals surface area contributed by atoms with Gasteiger partial charge in [-0.3, -0.25) is 4.55 Å². The Labute approximate surface area is 90.4 Å². The number of hydrogen-bond acceptors (Lipinski definition) is 4. The number of nitrogens with zero attached hydrogens (tertiary/aromatic N) is 1. The standard InChI is InChI=1S/C8H19NO5S/c10-7-3-1-5-9(15(12,13)14)6-2-4-8-11/h10-11H,1-8H2,(H,12,13,14). The summed E-state index contributed by atoms with van der Waals surface area (Å²) in [7, 11) is -4.16. The van der Waals surface area contributed by atoms with Crippen molar-refractivity contribution >= 4 is 10.3 Å².